The molecular weight excluding hydrogens is 482 g/mol. The molecule has 1 amide bonds. The van der Waals surface area contributed by atoms with Gasteiger partial charge in [0.1, 0.15) is 0 Å². The molecule has 0 aliphatic carbocycles. The standard InChI is InChI=1S/C23H19BrClN3OS/c1-3-11-27-14-15(17-7-5-6-8-20(17)27)12-21-22(29)28(4-2)23(30-21)26-16-9-10-18(24)19(25)13-16/h3,5-10,12-14H,1,4,11H2,2H3/b21-12+,26-23?. The topological polar surface area (TPSA) is 37.6 Å². The van der Waals surface area contributed by atoms with Crippen LogP contribution in [0, 0.1) is 0 Å². The minimum atomic E-state index is -0.0370. The minimum Gasteiger partial charge on any atom is -0.343 e. The van der Waals surface area contributed by atoms with Crippen LogP contribution in [-0.2, 0) is 11.3 Å². The Balaban J connectivity index is 1.74. The largest absolute Gasteiger partial charge is 0.343 e. The molecule has 1 saturated heterocycles. The van der Waals surface area contributed by atoms with Crippen LogP contribution in [0.15, 0.2) is 75.7 Å². The number of benzene rings is 2. The summed E-state index contributed by atoms with van der Waals surface area (Å²) in [5, 5.41) is 2.34. The van der Waals surface area contributed by atoms with E-state index in [0.717, 1.165) is 20.9 Å². The number of halogens is 2. The molecule has 0 atom stereocenters. The molecule has 152 valence electrons. The van der Waals surface area contributed by atoms with Gasteiger partial charge in [0.05, 0.1) is 15.6 Å². The predicted octanol–water partition coefficient (Wildman–Crippen LogP) is 6.87. The third kappa shape index (κ3) is 4.00. The zero-order chi connectivity index (χ0) is 21.3. The molecule has 2 aromatic carbocycles. The highest BCUT2D eigenvalue weighted by Gasteiger charge is 2.32. The molecule has 0 radical (unpaired) electrons. The van der Waals surface area contributed by atoms with Crippen molar-refractivity contribution in [2.75, 3.05) is 6.54 Å². The molecule has 2 heterocycles. The normalized spacial score (nSPS) is 16.9. The number of hydrogen-bond donors (Lipinski definition) is 0. The van der Waals surface area contributed by atoms with Crippen LogP contribution in [0.5, 0.6) is 0 Å². The third-order valence-corrected chi connectivity index (χ3v) is 7.00. The average molecular weight is 501 g/mol. The zero-order valence-electron chi connectivity index (χ0n) is 16.3. The average Bonchev–Trinajstić information content (AvgIpc) is 3.23. The van der Waals surface area contributed by atoms with Crippen LogP contribution in [0.1, 0.15) is 12.5 Å². The van der Waals surface area contributed by atoms with E-state index >= 15 is 0 Å². The lowest BCUT2D eigenvalue weighted by molar-refractivity contribution is -0.122. The fourth-order valence-electron chi connectivity index (χ4n) is 3.36. The van der Waals surface area contributed by atoms with E-state index < -0.39 is 0 Å². The highest BCUT2D eigenvalue weighted by atomic mass is 79.9. The first-order chi connectivity index (χ1) is 14.5. The Hall–Kier alpha value is -2.28. The number of fused-ring (bicyclic) bond motifs is 1. The van der Waals surface area contributed by atoms with Crippen LogP contribution < -0.4 is 0 Å². The number of allylic oxidation sites excluding steroid dienone is 1. The lowest BCUT2D eigenvalue weighted by atomic mass is 10.1. The fourth-order valence-corrected chi connectivity index (χ4v) is 4.83. The number of rotatable bonds is 5. The van der Waals surface area contributed by atoms with Crippen molar-refractivity contribution in [3.05, 3.63) is 81.3 Å². The van der Waals surface area contributed by atoms with Crippen molar-refractivity contribution in [3.8, 4) is 0 Å². The SMILES string of the molecule is C=CCn1cc(/C=C2/SC(=Nc3ccc(Br)c(Cl)c3)N(CC)C2=O)c2ccccc21. The van der Waals surface area contributed by atoms with Crippen molar-refractivity contribution >= 4 is 73.0 Å². The van der Waals surface area contributed by atoms with Gasteiger partial charge >= 0.3 is 0 Å². The summed E-state index contributed by atoms with van der Waals surface area (Å²) in [4.78, 5) is 20.0. The molecule has 30 heavy (non-hydrogen) atoms. The fraction of sp³-hybridized carbons (Fsp3) is 0.130. The Morgan fingerprint density at radius 2 is 2.07 bits per heavy atom. The molecule has 4 rings (SSSR count). The molecule has 0 N–H and O–H groups in total. The number of likely N-dealkylation sites (N-methyl/N-ethyl adjacent to an activating group) is 1. The molecule has 0 unspecified atom stereocenters. The van der Waals surface area contributed by atoms with E-state index in [0.29, 0.717) is 33.9 Å². The van der Waals surface area contributed by atoms with Gasteiger partial charge in [-0.3, -0.25) is 9.69 Å². The Kier molecular flexibility index (Phi) is 6.18. The Morgan fingerprint density at radius 1 is 1.27 bits per heavy atom. The summed E-state index contributed by atoms with van der Waals surface area (Å²) in [5.41, 5.74) is 2.83. The van der Waals surface area contributed by atoms with E-state index in [4.69, 9.17) is 11.6 Å². The summed E-state index contributed by atoms with van der Waals surface area (Å²) in [6.45, 7) is 7.04. The van der Waals surface area contributed by atoms with E-state index in [2.05, 4.69) is 50.4 Å². The van der Waals surface area contributed by atoms with Gasteiger partial charge in [-0.05, 0) is 65.0 Å². The van der Waals surface area contributed by atoms with E-state index in [1.807, 2.05) is 43.3 Å². The summed E-state index contributed by atoms with van der Waals surface area (Å²) >= 11 is 11.0. The van der Waals surface area contributed by atoms with Gasteiger partial charge in [-0.25, -0.2) is 4.99 Å². The van der Waals surface area contributed by atoms with Crippen LogP contribution in [0.3, 0.4) is 0 Å². The quantitative estimate of drug-likeness (QED) is 0.283. The summed E-state index contributed by atoms with van der Waals surface area (Å²) in [7, 11) is 0. The highest BCUT2D eigenvalue weighted by molar-refractivity contribution is 9.10. The van der Waals surface area contributed by atoms with Gasteiger partial charge in [0.2, 0.25) is 0 Å². The lowest BCUT2D eigenvalue weighted by Gasteiger charge is -2.12. The maximum absolute atomic E-state index is 13.0. The molecule has 0 saturated carbocycles. The number of aliphatic imine (C=N–C) groups is 1. The van der Waals surface area contributed by atoms with Crippen molar-refractivity contribution in [3.63, 3.8) is 0 Å². The molecule has 1 aliphatic heterocycles. The second-order valence-electron chi connectivity index (χ2n) is 6.70. The van der Waals surface area contributed by atoms with Crippen LogP contribution in [0.2, 0.25) is 5.02 Å². The van der Waals surface area contributed by atoms with Crippen LogP contribution >= 0.6 is 39.3 Å². The Labute approximate surface area is 193 Å². The number of amides is 1. The number of para-hydroxylation sites is 1. The number of hydrogen-bond acceptors (Lipinski definition) is 3. The molecule has 1 aromatic heterocycles. The first kappa shape index (κ1) is 21.0. The minimum absolute atomic E-state index is 0.0370. The van der Waals surface area contributed by atoms with Gasteiger partial charge in [0.15, 0.2) is 5.17 Å². The smallest absolute Gasteiger partial charge is 0.266 e. The van der Waals surface area contributed by atoms with Gasteiger partial charge in [-0.1, -0.05) is 35.9 Å². The van der Waals surface area contributed by atoms with E-state index in [-0.39, 0.29) is 5.91 Å². The molecule has 4 nitrogen and oxygen atoms in total. The number of aromatic nitrogens is 1. The number of thioether (sulfide) groups is 1. The molecule has 0 bridgehead atoms. The predicted molar refractivity (Wildman–Crippen MR) is 131 cm³/mol. The van der Waals surface area contributed by atoms with Crippen molar-refractivity contribution in [1.82, 2.24) is 9.47 Å². The second-order valence-corrected chi connectivity index (χ2v) is 8.97. The molecule has 1 fully saturated rings. The lowest BCUT2D eigenvalue weighted by Crippen LogP contribution is -2.28. The van der Waals surface area contributed by atoms with Crippen molar-refractivity contribution in [2.45, 2.75) is 13.5 Å². The first-order valence-electron chi connectivity index (χ1n) is 9.45. The van der Waals surface area contributed by atoms with Gasteiger partial charge in [0.25, 0.3) is 5.91 Å². The van der Waals surface area contributed by atoms with E-state index in [1.165, 1.54) is 11.8 Å². The Bertz CT molecular complexity index is 1210. The summed E-state index contributed by atoms with van der Waals surface area (Å²) in [6, 6.07) is 13.7. The number of amidine groups is 1. The monoisotopic (exact) mass is 499 g/mol. The summed E-state index contributed by atoms with van der Waals surface area (Å²) in [5.74, 6) is -0.0370. The maximum Gasteiger partial charge on any atom is 0.266 e. The van der Waals surface area contributed by atoms with Crippen LogP contribution in [0.4, 0.5) is 5.69 Å². The van der Waals surface area contributed by atoms with Crippen LogP contribution in [-0.4, -0.2) is 27.1 Å². The first-order valence-corrected chi connectivity index (χ1v) is 11.4. The van der Waals surface area contributed by atoms with Crippen molar-refractivity contribution in [2.24, 2.45) is 4.99 Å². The molecule has 1 aliphatic rings. The molecule has 0 spiro atoms. The number of nitrogens with zero attached hydrogens (tertiary/aromatic N) is 3. The number of carbonyl (C=O) groups excluding carboxylic acids is 1. The van der Waals surface area contributed by atoms with Crippen molar-refractivity contribution < 1.29 is 4.79 Å². The van der Waals surface area contributed by atoms with Crippen LogP contribution in [0.25, 0.3) is 17.0 Å². The summed E-state index contributed by atoms with van der Waals surface area (Å²) in [6.07, 6.45) is 5.88. The molecular formula is C23H19BrClN3OS. The van der Waals surface area contributed by atoms with Gasteiger partial charge in [0, 0.05) is 40.2 Å². The number of carbonyl (C=O) groups is 1. The highest BCUT2D eigenvalue weighted by Crippen LogP contribution is 2.36. The Morgan fingerprint density at radius 3 is 2.80 bits per heavy atom. The van der Waals surface area contributed by atoms with Gasteiger partial charge < -0.3 is 4.57 Å². The molecule has 7 heteroatoms. The van der Waals surface area contributed by atoms with Gasteiger partial charge in [-0.2, -0.15) is 0 Å². The molecule has 3 aromatic rings. The van der Waals surface area contributed by atoms with E-state index in [9.17, 15) is 4.79 Å². The van der Waals surface area contributed by atoms with Gasteiger partial charge in [-0.15, -0.1) is 6.58 Å². The second kappa shape index (κ2) is 8.84. The summed E-state index contributed by atoms with van der Waals surface area (Å²) < 4.78 is 2.95. The maximum atomic E-state index is 13.0. The zero-order valence-corrected chi connectivity index (χ0v) is 19.5. The van der Waals surface area contributed by atoms with Crippen molar-refractivity contribution in [1.29, 1.82) is 0 Å². The van der Waals surface area contributed by atoms with E-state index in [1.54, 1.807) is 11.0 Å². The third-order valence-electron chi connectivity index (χ3n) is 4.76.